The zero-order chi connectivity index (χ0) is 18.0. The summed E-state index contributed by atoms with van der Waals surface area (Å²) in [6.45, 7) is 6.30. The second-order valence-electron chi connectivity index (χ2n) is 6.55. The highest BCUT2D eigenvalue weighted by molar-refractivity contribution is 8.15. The van der Waals surface area contributed by atoms with Crippen molar-refractivity contribution >= 4 is 40.1 Å². The molecule has 2 aromatic rings. The summed E-state index contributed by atoms with van der Waals surface area (Å²) in [7, 11) is 0. The Hall–Kier alpha value is -1.78. The second kappa shape index (κ2) is 7.63. The molecule has 1 N–H and O–H groups in total. The molecule has 1 aliphatic rings. The standard InChI is InChI=1S/C20H21ClN2OS/c1-12(2)15-6-8-16(9-7-15)22-20-23-19(24)18(25-20)11-14-5-4-13(3)17(21)10-14/h4-10,12,18H,11H2,1-3H3,(H,22,23,24)/t18-/m0/s1. The first-order valence-electron chi connectivity index (χ1n) is 8.33. The van der Waals surface area contributed by atoms with E-state index in [4.69, 9.17) is 11.6 Å². The number of aliphatic imine (C=N–C) groups is 1. The van der Waals surface area contributed by atoms with Crippen LogP contribution in [-0.2, 0) is 11.2 Å². The molecule has 0 aliphatic carbocycles. The van der Waals surface area contributed by atoms with Gasteiger partial charge in [0.15, 0.2) is 5.17 Å². The highest BCUT2D eigenvalue weighted by atomic mass is 35.5. The topological polar surface area (TPSA) is 41.5 Å². The number of rotatable bonds is 4. The van der Waals surface area contributed by atoms with E-state index in [0.717, 1.165) is 21.8 Å². The molecule has 0 radical (unpaired) electrons. The molecule has 25 heavy (non-hydrogen) atoms. The normalized spacial score (nSPS) is 18.8. The average molecular weight is 373 g/mol. The fourth-order valence-corrected chi connectivity index (χ4v) is 3.85. The van der Waals surface area contributed by atoms with Gasteiger partial charge in [-0.15, -0.1) is 0 Å². The molecule has 1 fully saturated rings. The van der Waals surface area contributed by atoms with Gasteiger partial charge in [0.1, 0.15) is 0 Å². The Balaban J connectivity index is 1.70. The first-order valence-corrected chi connectivity index (χ1v) is 9.59. The lowest BCUT2D eigenvalue weighted by atomic mass is 10.0. The van der Waals surface area contributed by atoms with Crippen LogP contribution < -0.4 is 5.32 Å². The van der Waals surface area contributed by atoms with Crippen LogP contribution in [0.1, 0.15) is 36.5 Å². The predicted octanol–water partition coefficient (Wildman–Crippen LogP) is 5.23. The third-order valence-corrected chi connectivity index (χ3v) is 5.71. The third-order valence-electron chi connectivity index (χ3n) is 4.22. The van der Waals surface area contributed by atoms with Gasteiger partial charge < -0.3 is 5.32 Å². The number of benzene rings is 2. The maximum absolute atomic E-state index is 12.2. The molecule has 3 nitrogen and oxygen atoms in total. The summed E-state index contributed by atoms with van der Waals surface area (Å²) in [6.07, 6.45) is 0.641. The van der Waals surface area contributed by atoms with Crippen LogP contribution in [0.5, 0.6) is 0 Å². The molecular formula is C20H21ClN2OS. The lowest BCUT2D eigenvalue weighted by molar-refractivity contribution is -0.118. The Morgan fingerprint density at radius 3 is 2.56 bits per heavy atom. The summed E-state index contributed by atoms with van der Waals surface area (Å²) >= 11 is 7.65. The van der Waals surface area contributed by atoms with Crippen molar-refractivity contribution in [2.75, 3.05) is 0 Å². The van der Waals surface area contributed by atoms with E-state index in [9.17, 15) is 4.79 Å². The Kier molecular flexibility index (Phi) is 5.50. The number of carbonyl (C=O) groups is 1. The van der Waals surface area contributed by atoms with Gasteiger partial charge in [0.05, 0.1) is 10.9 Å². The van der Waals surface area contributed by atoms with Crippen molar-refractivity contribution in [2.45, 2.75) is 38.4 Å². The fraction of sp³-hybridized carbons (Fsp3) is 0.300. The Bertz CT molecular complexity index is 815. The number of nitrogens with zero attached hydrogens (tertiary/aromatic N) is 1. The molecule has 1 heterocycles. The van der Waals surface area contributed by atoms with Gasteiger partial charge in [0.25, 0.3) is 0 Å². The van der Waals surface area contributed by atoms with Gasteiger partial charge in [0.2, 0.25) is 5.91 Å². The second-order valence-corrected chi connectivity index (χ2v) is 8.15. The average Bonchev–Trinajstić information content (AvgIpc) is 2.91. The Labute approximate surface area is 157 Å². The van der Waals surface area contributed by atoms with Crippen molar-refractivity contribution in [1.82, 2.24) is 5.32 Å². The van der Waals surface area contributed by atoms with Crippen molar-refractivity contribution in [3.05, 3.63) is 64.2 Å². The Morgan fingerprint density at radius 2 is 1.92 bits per heavy atom. The van der Waals surface area contributed by atoms with Gasteiger partial charge in [-0.25, -0.2) is 4.99 Å². The molecule has 1 aliphatic heterocycles. The van der Waals surface area contributed by atoms with Crippen LogP contribution in [0.4, 0.5) is 5.69 Å². The van der Waals surface area contributed by atoms with E-state index in [1.807, 2.05) is 37.3 Å². The first-order chi connectivity index (χ1) is 11.9. The number of amidine groups is 1. The Morgan fingerprint density at radius 1 is 1.20 bits per heavy atom. The minimum Gasteiger partial charge on any atom is -0.304 e. The number of hydrogen-bond donors (Lipinski definition) is 1. The smallest absolute Gasteiger partial charge is 0.239 e. The molecule has 1 amide bonds. The molecule has 3 rings (SSSR count). The number of amides is 1. The minimum atomic E-state index is -0.174. The highest BCUT2D eigenvalue weighted by Gasteiger charge is 2.30. The van der Waals surface area contributed by atoms with E-state index in [0.29, 0.717) is 17.5 Å². The third kappa shape index (κ3) is 4.44. The van der Waals surface area contributed by atoms with Crippen LogP contribution in [0.2, 0.25) is 5.02 Å². The van der Waals surface area contributed by atoms with Crippen LogP contribution in [0.3, 0.4) is 0 Å². The van der Waals surface area contributed by atoms with Gasteiger partial charge in [-0.1, -0.05) is 61.5 Å². The van der Waals surface area contributed by atoms with Gasteiger partial charge in [-0.2, -0.15) is 0 Å². The number of hydrogen-bond acceptors (Lipinski definition) is 3. The number of thioether (sulfide) groups is 1. The zero-order valence-electron chi connectivity index (χ0n) is 14.5. The minimum absolute atomic E-state index is 0.000696. The molecule has 0 bridgehead atoms. The fourth-order valence-electron chi connectivity index (χ4n) is 2.62. The van der Waals surface area contributed by atoms with E-state index in [-0.39, 0.29) is 11.2 Å². The van der Waals surface area contributed by atoms with E-state index < -0.39 is 0 Å². The maximum atomic E-state index is 12.2. The number of nitrogens with one attached hydrogen (secondary N) is 1. The summed E-state index contributed by atoms with van der Waals surface area (Å²) < 4.78 is 0. The molecule has 1 atom stereocenters. The molecule has 5 heteroatoms. The van der Waals surface area contributed by atoms with Crippen LogP contribution >= 0.6 is 23.4 Å². The molecule has 0 spiro atoms. The monoisotopic (exact) mass is 372 g/mol. The molecule has 1 saturated heterocycles. The van der Waals surface area contributed by atoms with Crippen molar-refractivity contribution in [2.24, 2.45) is 4.99 Å². The van der Waals surface area contributed by atoms with Crippen LogP contribution in [0.15, 0.2) is 47.5 Å². The largest absolute Gasteiger partial charge is 0.304 e. The van der Waals surface area contributed by atoms with E-state index >= 15 is 0 Å². The molecule has 0 unspecified atom stereocenters. The van der Waals surface area contributed by atoms with Crippen molar-refractivity contribution < 1.29 is 4.79 Å². The van der Waals surface area contributed by atoms with E-state index in [1.165, 1.54) is 17.3 Å². The molecule has 0 aromatic heterocycles. The van der Waals surface area contributed by atoms with Gasteiger partial charge in [0, 0.05) is 5.02 Å². The maximum Gasteiger partial charge on any atom is 0.239 e. The van der Waals surface area contributed by atoms with Crippen molar-refractivity contribution in [1.29, 1.82) is 0 Å². The van der Waals surface area contributed by atoms with Gasteiger partial charge in [-0.3, -0.25) is 4.79 Å². The SMILES string of the molecule is Cc1ccc(C[C@@H]2SC(=Nc3ccc(C(C)C)cc3)NC2=O)cc1Cl. The van der Waals surface area contributed by atoms with Crippen molar-refractivity contribution in [3.8, 4) is 0 Å². The number of aryl methyl sites for hydroxylation is 1. The number of carbonyl (C=O) groups excluding carboxylic acids is 1. The van der Waals surface area contributed by atoms with Crippen molar-refractivity contribution in [3.63, 3.8) is 0 Å². The molecular weight excluding hydrogens is 352 g/mol. The molecule has 2 aromatic carbocycles. The van der Waals surface area contributed by atoms with Crippen LogP contribution in [0, 0.1) is 6.92 Å². The zero-order valence-corrected chi connectivity index (χ0v) is 16.1. The lowest BCUT2D eigenvalue weighted by Crippen LogP contribution is -2.25. The highest BCUT2D eigenvalue weighted by Crippen LogP contribution is 2.27. The molecule has 0 saturated carbocycles. The number of halogens is 1. The lowest BCUT2D eigenvalue weighted by Gasteiger charge is -2.07. The summed E-state index contributed by atoms with van der Waals surface area (Å²) in [5, 5.41) is 4.10. The van der Waals surface area contributed by atoms with Gasteiger partial charge >= 0.3 is 0 Å². The predicted molar refractivity (Wildman–Crippen MR) is 107 cm³/mol. The summed E-state index contributed by atoms with van der Waals surface area (Å²) in [4.78, 5) is 16.8. The summed E-state index contributed by atoms with van der Waals surface area (Å²) in [5.74, 6) is 0.493. The van der Waals surface area contributed by atoms with E-state index in [1.54, 1.807) is 0 Å². The molecule has 130 valence electrons. The summed E-state index contributed by atoms with van der Waals surface area (Å²) in [5.41, 5.74) is 4.24. The van der Waals surface area contributed by atoms with Crippen LogP contribution in [-0.4, -0.2) is 16.3 Å². The van der Waals surface area contributed by atoms with E-state index in [2.05, 4.69) is 36.3 Å². The summed E-state index contributed by atoms with van der Waals surface area (Å²) in [6, 6.07) is 14.1. The van der Waals surface area contributed by atoms with Gasteiger partial charge in [-0.05, 0) is 54.2 Å². The first kappa shape index (κ1) is 18.0. The van der Waals surface area contributed by atoms with Crippen LogP contribution in [0.25, 0.3) is 0 Å². The quantitative estimate of drug-likeness (QED) is 0.797.